The van der Waals surface area contributed by atoms with Crippen molar-refractivity contribution in [2.75, 3.05) is 6.54 Å². The molecule has 2 heteroatoms. The van der Waals surface area contributed by atoms with E-state index in [1.165, 1.54) is 31.7 Å². The van der Waals surface area contributed by atoms with Gasteiger partial charge in [-0.1, -0.05) is 39.0 Å². The first-order valence-corrected chi connectivity index (χ1v) is 7.91. The van der Waals surface area contributed by atoms with E-state index in [9.17, 15) is 4.39 Å². The molecule has 0 heterocycles. The van der Waals surface area contributed by atoms with Crippen LogP contribution in [0, 0.1) is 23.1 Å². The molecule has 0 atom stereocenters. The standard InChI is InChI=1S/C18H28FN/c1-18(2,3)16-10-8-14(9-11-16)12-20-13-15-6-4-5-7-17(15)19/h4-7,14,16,20H,8-13H2,1-3H3. The highest BCUT2D eigenvalue weighted by Crippen LogP contribution is 2.39. The Kier molecular flexibility index (Phi) is 5.20. The highest BCUT2D eigenvalue weighted by molar-refractivity contribution is 5.16. The number of benzene rings is 1. The first-order chi connectivity index (χ1) is 9.47. The van der Waals surface area contributed by atoms with Gasteiger partial charge in [-0.25, -0.2) is 4.39 Å². The van der Waals surface area contributed by atoms with E-state index in [0.29, 0.717) is 12.0 Å². The summed E-state index contributed by atoms with van der Waals surface area (Å²) < 4.78 is 13.5. The zero-order chi connectivity index (χ0) is 14.6. The monoisotopic (exact) mass is 277 g/mol. The molecule has 0 spiro atoms. The van der Waals surface area contributed by atoms with Gasteiger partial charge in [0.05, 0.1) is 0 Å². The van der Waals surface area contributed by atoms with E-state index in [2.05, 4.69) is 26.1 Å². The van der Waals surface area contributed by atoms with Crippen LogP contribution in [0.3, 0.4) is 0 Å². The Morgan fingerprint density at radius 1 is 1.10 bits per heavy atom. The molecule has 112 valence electrons. The Hall–Kier alpha value is -0.890. The molecule has 2 rings (SSSR count). The van der Waals surface area contributed by atoms with Crippen LogP contribution < -0.4 is 5.32 Å². The molecule has 1 saturated carbocycles. The van der Waals surface area contributed by atoms with Crippen molar-refractivity contribution in [2.24, 2.45) is 17.3 Å². The van der Waals surface area contributed by atoms with Crippen LogP contribution in [0.15, 0.2) is 24.3 Å². The van der Waals surface area contributed by atoms with Crippen LogP contribution in [-0.2, 0) is 6.54 Å². The van der Waals surface area contributed by atoms with Gasteiger partial charge in [0.25, 0.3) is 0 Å². The number of hydrogen-bond acceptors (Lipinski definition) is 1. The predicted octanol–water partition coefficient (Wildman–Crippen LogP) is 4.77. The van der Waals surface area contributed by atoms with Crippen LogP contribution in [0.2, 0.25) is 0 Å². The molecule has 0 aliphatic heterocycles. The van der Waals surface area contributed by atoms with Gasteiger partial charge in [0.2, 0.25) is 0 Å². The van der Waals surface area contributed by atoms with E-state index >= 15 is 0 Å². The van der Waals surface area contributed by atoms with Crippen LogP contribution in [0.25, 0.3) is 0 Å². The zero-order valence-corrected chi connectivity index (χ0v) is 13.1. The molecule has 20 heavy (non-hydrogen) atoms. The van der Waals surface area contributed by atoms with E-state index in [0.717, 1.165) is 23.9 Å². The number of nitrogens with one attached hydrogen (secondary N) is 1. The van der Waals surface area contributed by atoms with E-state index in [-0.39, 0.29) is 5.82 Å². The minimum Gasteiger partial charge on any atom is -0.312 e. The summed E-state index contributed by atoms with van der Waals surface area (Å²) in [7, 11) is 0. The maximum Gasteiger partial charge on any atom is 0.127 e. The average Bonchev–Trinajstić information content (AvgIpc) is 2.40. The molecule has 0 bridgehead atoms. The minimum atomic E-state index is -0.101. The summed E-state index contributed by atoms with van der Waals surface area (Å²) in [6.45, 7) is 8.73. The van der Waals surface area contributed by atoms with Crippen LogP contribution in [-0.4, -0.2) is 6.54 Å². The first kappa shape index (κ1) is 15.5. The highest BCUT2D eigenvalue weighted by Gasteiger charge is 2.29. The minimum absolute atomic E-state index is 0.101. The van der Waals surface area contributed by atoms with Crippen molar-refractivity contribution in [3.05, 3.63) is 35.6 Å². The van der Waals surface area contributed by atoms with Gasteiger partial charge in [-0.3, -0.25) is 0 Å². The fourth-order valence-electron chi connectivity index (χ4n) is 3.29. The Bertz CT molecular complexity index is 414. The Morgan fingerprint density at radius 3 is 2.35 bits per heavy atom. The second kappa shape index (κ2) is 6.71. The van der Waals surface area contributed by atoms with Gasteiger partial charge in [-0.05, 0) is 55.5 Å². The van der Waals surface area contributed by atoms with E-state index < -0.39 is 0 Å². The summed E-state index contributed by atoms with van der Waals surface area (Å²) in [5.41, 5.74) is 1.22. The van der Waals surface area contributed by atoms with Crippen molar-refractivity contribution in [1.82, 2.24) is 5.32 Å². The van der Waals surface area contributed by atoms with Crippen molar-refractivity contribution in [1.29, 1.82) is 0 Å². The SMILES string of the molecule is CC(C)(C)C1CCC(CNCc2ccccc2F)CC1. The van der Waals surface area contributed by atoms with Crippen LogP contribution in [0.1, 0.15) is 52.0 Å². The van der Waals surface area contributed by atoms with Crippen molar-refractivity contribution >= 4 is 0 Å². The summed E-state index contributed by atoms with van der Waals surface area (Å²) in [4.78, 5) is 0. The molecule has 1 aliphatic rings. The molecule has 1 aromatic carbocycles. The van der Waals surface area contributed by atoms with Crippen LogP contribution in [0.5, 0.6) is 0 Å². The van der Waals surface area contributed by atoms with Crippen molar-refractivity contribution in [3.8, 4) is 0 Å². The molecule has 0 radical (unpaired) electrons. The lowest BCUT2D eigenvalue weighted by atomic mass is 9.70. The predicted molar refractivity (Wildman–Crippen MR) is 83.0 cm³/mol. The van der Waals surface area contributed by atoms with Crippen molar-refractivity contribution in [3.63, 3.8) is 0 Å². The lowest BCUT2D eigenvalue weighted by molar-refractivity contribution is 0.149. The summed E-state index contributed by atoms with van der Waals surface area (Å²) >= 11 is 0. The van der Waals surface area contributed by atoms with Gasteiger partial charge in [0, 0.05) is 12.1 Å². The highest BCUT2D eigenvalue weighted by atomic mass is 19.1. The molecular formula is C18H28FN. The van der Waals surface area contributed by atoms with Crippen LogP contribution in [0.4, 0.5) is 4.39 Å². The molecule has 1 aromatic rings. The van der Waals surface area contributed by atoms with Gasteiger partial charge in [-0.15, -0.1) is 0 Å². The molecule has 1 nitrogen and oxygen atoms in total. The van der Waals surface area contributed by atoms with Gasteiger partial charge >= 0.3 is 0 Å². The average molecular weight is 277 g/mol. The van der Waals surface area contributed by atoms with E-state index in [1.54, 1.807) is 6.07 Å². The Morgan fingerprint density at radius 2 is 1.75 bits per heavy atom. The summed E-state index contributed by atoms with van der Waals surface area (Å²) in [5.74, 6) is 1.53. The fourth-order valence-corrected chi connectivity index (χ4v) is 3.29. The maximum atomic E-state index is 13.5. The van der Waals surface area contributed by atoms with E-state index in [1.807, 2.05) is 12.1 Å². The van der Waals surface area contributed by atoms with E-state index in [4.69, 9.17) is 0 Å². The van der Waals surface area contributed by atoms with Crippen molar-refractivity contribution in [2.45, 2.75) is 53.0 Å². The number of rotatable bonds is 4. The maximum absolute atomic E-state index is 13.5. The van der Waals surface area contributed by atoms with Gasteiger partial charge in [-0.2, -0.15) is 0 Å². The molecule has 0 unspecified atom stereocenters. The second-order valence-corrected chi connectivity index (χ2v) is 7.31. The topological polar surface area (TPSA) is 12.0 Å². The molecule has 1 aliphatic carbocycles. The third-order valence-electron chi connectivity index (χ3n) is 4.78. The van der Waals surface area contributed by atoms with Crippen LogP contribution >= 0.6 is 0 Å². The molecule has 0 amide bonds. The molecule has 1 fully saturated rings. The normalized spacial score (nSPS) is 23.8. The Labute approximate surface area is 123 Å². The molecule has 0 saturated heterocycles. The van der Waals surface area contributed by atoms with Crippen molar-refractivity contribution < 1.29 is 4.39 Å². The smallest absolute Gasteiger partial charge is 0.127 e. The first-order valence-electron chi connectivity index (χ1n) is 7.91. The summed E-state index contributed by atoms with van der Waals surface area (Å²) in [6, 6.07) is 7.03. The molecular weight excluding hydrogens is 249 g/mol. The fraction of sp³-hybridized carbons (Fsp3) is 0.667. The van der Waals surface area contributed by atoms with Gasteiger partial charge in [0.15, 0.2) is 0 Å². The number of halogens is 1. The summed E-state index contributed by atoms with van der Waals surface area (Å²) in [5, 5.41) is 3.43. The van der Waals surface area contributed by atoms with Gasteiger partial charge < -0.3 is 5.32 Å². The number of hydrogen-bond donors (Lipinski definition) is 1. The lowest BCUT2D eigenvalue weighted by Crippen LogP contribution is -2.30. The summed E-state index contributed by atoms with van der Waals surface area (Å²) in [6.07, 6.45) is 5.31. The Balaban J connectivity index is 1.71. The molecule has 1 N–H and O–H groups in total. The third kappa shape index (κ3) is 4.31. The lowest BCUT2D eigenvalue weighted by Gasteiger charge is -2.37. The largest absolute Gasteiger partial charge is 0.312 e. The molecule has 0 aromatic heterocycles. The quantitative estimate of drug-likeness (QED) is 0.836. The third-order valence-corrected chi connectivity index (χ3v) is 4.78. The van der Waals surface area contributed by atoms with Gasteiger partial charge in [0.1, 0.15) is 5.82 Å². The second-order valence-electron chi connectivity index (χ2n) is 7.31. The zero-order valence-electron chi connectivity index (χ0n) is 13.1.